The number of benzene rings is 2. The van der Waals surface area contributed by atoms with Gasteiger partial charge in [0.15, 0.2) is 0 Å². The third-order valence-electron chi connectivity index (χ3n) is 5.79. The highest BCUT2D eigenvalue weighted by molar-refractivity contribution is 6.07. The van der Waals surface area contributed by atoms with E-state index in [1.165, 1.54) is 12.1 Å². The van der Waals surface area contributed by atoms with Crippen LogP contribution in [0.15, 0.2) is 42.5 Å². The van der Waals surface area contributed by atoms with Crippen molar-refractivity contribution in [2.24, 2.45) is 0 Å². The summed E-state index contributed by atoms with van der Waals surface area (Å²) in [5.41, 5.74) is 2.34. The molecule has 3 aromatic rings. The molecule has 0 saturated carbocycles. The van der Waals surface area contributed by atoms with Gasteiger partial charge in [0.2, 0.25) is 0 Å². The van der Waals surface area contributed by atoms with E-state index < -0.39 is 5.82 Å². The van der Waals surface area contributed by atoms with Gasteiger partial charge in [-0.1, -0.05) is 6.92 Å². The Morgan fingerprint density at radius 2 is 1.81 bits per heavy atom. The van der Waals surface area contributed by atoms with Crippen LogP contribution in [0.5, 0.6) is 11.5 Å². The molecule has 1 aliphatic heterocycles. The van der Waals surface area contributed by atoms with E-state index in [2.05, 4.69) is 11.8 Å². The molecule has 2 heterocycles. The fourth-order valence-corrected chi connectivity index (χ4v) is 3.96. The minimum Gasteiger partial charge on any atom is -0.497 e. The lowest BCUT2D eigenvalue weighted by molar-refractivity contribution is 0.0645. The van der Waals surface area contributed by atoms with Crippen LogP contribution >= 0.6 is 0 Å². The standard InChI is InChI=1S/C24H26FN3O3/c1-4-27-9-11-28(12-10-27)24(29)20-15-22(26-21-8-5-16(25)13-19(20)21)18-7-6-17(30-2)14-23(18)31-3/h5-8,13-15H,4,9-12H2,1-3H3. The zero-order valence-electron chi connectivity index (χ0n) is 18.0. The minimum absolute atomic E-state index is 0.109. The minimum atomic E-state index is -0.395. The summed E-state index contributed by atoms with van der Waals surface area (Å²) in [4.78, 5) is 22.3. The number of aromatic nitrogens is 1. The molecule has 31 heavy (non-hydrogen) atoms. The van der Waals surface area contributed by atoms with Crippen molar-refractivity contribution >= 4 is 16.8 Å². The maximum absolute atomic E-state index is 14.1. The van der Waals surface area contributed by atoms with E-state index in [1.54, 1.807) is 32.4 Å². The first kappa shape index (κ1) is 21.1. The maximum atomic E-state index is 14.1. The molecule has 1 aromatic heterocycles. The van der Waals surface area contributed by atoms with E-state index >= 15 is 0 Å². The number of hydrogen-bond acceptors (Lipinski definition) is 5. The van der Waals surface area contributed by atoms with Crippen LogP contribution in [-0.2, 0) is 0 Å². The average Bonchev–Trinajstić information content (AvgIpc) is 2.82. The van der Waals surface area contributed by atoms with Crippen molar-refractivity contribution in [3.05, 3.63) is 53.8 Å². The molecular weight excluding hydrogens is 397 g/mol. The van der Waals surface area contributed by atoms with Crippen molar-refractivity contribution in [2.45, 2.75) is 6.92 Å². The van der Waals surface area contributed by atoms with Crippen molar-refractivity contribution in [2.75, 3.05) is 46.9 Å². The van der Waals surface area contributed by atoms with Crippen LogP contribution in [0, 0.1) is 5.82 Å². The molecule has 0 N–H and O–H groups in total. The van der Waals surface area contributed by atoms with E-state index in [4.69, 9.17) is 14.5 Å². The summed E-state index contributed by atoms with van der Waals surface area (Å²) in [6.07, 6.45) is 0. The zero-order chi connectivity index (χ0) is 22.0. The monoisotopic (exact) mass is 423 g/mol. The number of pyridine rings is 1. The third-order valence-corrected chi connectivity index (χ3v) is 5.79. The fraction of sp³-hybridized carbons (Fsp3) is 0.333. The summed E-state index contributed by atoms with van der Waals surface area (Å²) in [5.74, 6) is 0.744. The molecular formula is C24H26FN3O3. The summed E-state index contributed by atoms with van der Waals surface area (Å²) in [6.45, 7) is 6.04. The number of methoxy groups -OCH3 is 2. The van der Waals surface area contributed by atoms with Gasteiger partial charge in [-0.3, -0.25) is 4.79 Å². The van der Waals surface area contributed by atoms with Gasteiger partial charge in [0, 0.05) is 43.2 Å². The number of halogens is 1. The van der Waals surface area contributed by atoms with Gasteiger partial charge in [0.05, 0.1) is 31.0 Å². The maximum Gasteiger partial charge on any atom is 0.254 e. The summed E-state index contributed by atoms with van der Waals surface area (Å²) in [7, 11) is 3.17. The molecule has 6 nitrogen and oxygen atoms in total. The van der Waals surface area contributed by atoms with E-state index in [0.29, 0.717) is 46.7 Å². The quantitative estimate of drug-likeness (QED) is 0.624. The lowest BCUT2D eigenvalue weighted by Gasteiger charge is -2.34. The SMILES string of the molecule is CCN1CCN(C(=O)c2cc(-c3ccc(OC)cc3OC)nc3ccc(F)cc23)CC1. The fourth-order valence-electron chi connectivity index (χ4n) is 3.96. The average molecular weight is 423 g/mol. The third kappa shape index (κ3) is 4.18. The topological polar surface area (TPSA) is 54.9 Å². The molecule has 1 saturated heterocycles. The molecule has 0 spiro atoms. The number of fused-ring (bicyclic) bond motifs is 1. The number of hydrogen-bond donors (Lipinski definition) is 0. The normalized spacial score (nSPS) is 14.6. The number of carbonyl (C=O) groups excluding carboxylic acids is 1. The molecule has 0 aliphatic carbocycles. The highest BCUT2D eigenvalue weighted by Crippen LogP contribution is 2.34. The molecule has 0 radical (unpaired) electrons. The summed E-state index contributed by atoms with van der Waals surface area (Å²) in [5, 5.41) is 0.513. The van der Waals surface area contributed by atoms with Crippen LogP contribution in [0.4, 0.5) is 4.39 Å². The molecule has 1 fully saturated rings. The van der Waals surface area contributed by atoms with Crippen LogP contribution in [0.2, 0.25) is 0 Å². The Kier molecular flexibility index (Phi) is 6.04. The Labute approximate surface area is 181 Å². The van der Waals surface area contributed by atoms with E-state index in [-0.39, 0.29) is 5.91 Å². The van der Waals surface area contributed by atoms with Crippen LogP contribution in [0.25, 0.3) is 22.2 Å². The number of amides is 1. The molecule has 1 aliphatic rings. The van der Waals surface area contributed by atoms with Crippen LogP contribution in [-0.4, -0.2) is 67.6 Å². The Balaban J connectivity index is 1.81. The Hall–Kier alpha value is -3.19. The van der Waals surface area contributed by atoms with Crippen molar-refractivity contribution in [1.29, 1.82) is 0 Å². The lowest BCUT2D eigenvalue weighted by atomic mass is 10.0. The molecule has 1 amide bonds. The first-order valence-corrected chi connectivity index (χ1v) is 10.4. The highest BCUT2D eigenvalue weighted by atomic mass is 19.1. The first-order chi connectivity index (χ1) is 15.0. The van der Waals surface area contributed by atoms with Gasteiger partial charge in [-0.15, -0.1) is 0 Å². The molecule has 0 unspecified atom stereocenters. The van der Waals surface area contributed by atoms with Crippen molar-refractivity contribution in [1.82, 2.24) is 14.8 Å². The second-order valence-electron chi connectivity index (χ2n) is 7.51. The molecule has 0 bridgehead atoms. The second-order valence-corrected chi connectivity index (χ2v) is 7.51. The molecule has 0 atom stereocenters. The number of rotatable bonds is 5. The Morgan fingerprint density at radius 1 is 1.03 bits per heavy atom. The predicted molar refractivity (Wildman–Crippen MR) is 118 cm³/mol. The smallest absolute Gasteiger partial charge is 0.254 e. The largest absolute Gasteiger partial charge is 0.497 e. The summed E-state index contributed by atoms with van der Waals surface area (Å²) < 4.78 is 24.9. The van der Waals surface area contributed by atoms with Gasteiger partial charge < -0.3 is 19.3 Å². The Morgan fingerprint density at radius 3 is 2.48 bits per heavy atom. The van der Waals surface area contributed by atoms with Gasteiger partial charge in [-0.2, -0.15) is 0 Å². The van der Waals surface area contributed by atoms with Crippen molar-refractivity contribution in [3.63, 3.8) is 0 Å². The van der Waals surface area contributed by atoms with Gasteiger partial charge in [0.1, 0.15) is 17.3 Å². The van der Waals surface area contributed by atoms with Gasteiger partial charge >= 0.3 is 0 Å². The van der Waals surface area contributed by atoms with Crippen molar-refractivity contribution < 1.29 is 18.7 Å². The van der Waals surface area contributed by atoms with Crippen LogP contribution in [0.3, 0.4) is 0 Å². The zero-order valence-corrected chi connectivity index (χ0v) is 18.0. The first-order valence-electron chi connectivity index (χ1n) is 10.4. The van der Waals surface area contributed by atoms with Gasteiger partial charge in [0.25, 0.3) is 5.91 Å². The molecule has 162 valence electrons. The number of piperazine rings is 1. The van der Waals surface area contributed by atoms with E-state index in [0.717, 1.165) is 25.2 Å². The summed E-state index contributed by atoms with van der Waals surface area (Å²) in [6, 6.07) is 11.5. The van der Waals surface area contributed by atoms with Gasteiger partial charge in [-0.05, 0) is 42.9 Å². The van der Waals surface area contributed by atoms with Crippen LogP contribution in [0.1, 0.15) is 17.3 Å². The highest BCUT2D eigenvalue weighted by Gasteiger charge is 2.24. The lowest BCUT2D eigenvalue weighted by Crippen LogP contribution is -2.48. The number of likely N-dealkylation sites (N-methyl/N-ethyl adjacent to an activating group) is 1. The number of carbonyl (C=O) groups is 1. The molecule has 2 aromatic carbocycles. The predicted octanol–water partition coefficient (Wildman–Crippen LogP) is 3.84. The van der Waals surface area contributed by atoms with Crippen LogP contribution < -0.4 is 9.47 Å². The number of ether oxygens (including phenoxy) is 2. The van der Waals surface area contributed by atoms with Gasteiger partial charge in [-0.25, -0.2) is 9.37 Å². The molecule has 4 rings (SSSR count). The second kappa shape index (κ2) is 8.89. The van der Waals surface area contributed by atoms with E-state index in [9.17, 15) is 9.18 Å². The number of nitrogens with zero attached hydrogens (tertiary/aromatic N) is 3. The van der Waals surface area contributed by atoms with Crippen molar-refractivity contribution in [3.8, 4) is 22.8 Å². The van der Waals surface area contributed by atoms with E-state index in [1.807, 2.05) is 17.0 Å². The molecule has 7 heteroatoms. The Bertz CT molecular complexity index is 1110. The summed E-state index contributed by atoms with van der Waals surface area (Å²) >= 11 is 0.